The Morgan fingerprint density at radius 1 is 1.26 bits per heavy atom. The number of thiophene rings is 1. The lowest BCUT2D eigenvalue weighted by atomic mass is 10.2. The summed E-state index contributed by atoms with van der Waals surface area (Å²) in [6, 6.07) is 7.53. The van der Waals surface area contributed by atoms with E-state index in [4.69, 9.17) is 0 Å². The van der Waals surface area contributed by atoms with Crippen LogP contribution >= 0.6 is 11.3 Å². The van der Waals surface area contributed by atoms with E-state index in [2.05, 4.69) is 15.3 Å². The second-order valence-corrected chi connectivity index (χ2v) is 7.28. The van der Waals surface area contributed by atoms with Gasteiger partial charge in [-0.15, -0.1) is 11.3 Å². The fourth-order valence-electron chi connectivity index (χ4n) is 2.90. The van der Waals surface area contributed by atoms with Crippen molar-refractivity contribution < 1.29 is 9.50 Å². The first kappa shape index (κ1) is 17.6. The molecule has 0 aliphatic rings. The van der Waals surface area contributed by atoms with Crippen molar-refractivity contribution in [1.82, 2.24) is 14.5 Å². The Bertz CT molecular complexity index is 1170. The van der Waals surface area contributed by atoms with Gasteiger partial charge in [0.2, 0.25) is 0 Å². The largest absolute Gasteiger partial charge is 0.393 e. The molecular weight excluding hydrogens is 367 g/mol. The molecule has 0 saturated heterocycles. The number of pyridine rings is 1. The summed E-state index contributed by atoms with van der Waals surface area (Å²) < 4.78 is 15.1. The molecular formula is C19H17FN4O2S. The van der Waals surface area contributed by atoms with Gasteiger partial charge in [0, 0.05) is 18.4 Å². The van der Waals surface area contributed by atoms with E-state index in [0.29, 0.717) is 33.7 Å². The van der Waals surface area contributed by atoms with Crippen LogP contribution in [0.25, 0.3) is 26.1 Å². The molecule has 0 saturated carbocycles. The molecule has 1 aromatic carbocycles. The number of nitrogens with one attached hydrogen (secondary N) is 1. The van der Waals surface area contributed by atoms with Crippen LogP contribution in [0.5, 0.6) is 0 Å². The van der Waals surface area contributed by atoms with Crippen LogP contribution in [0.3, 0.4) is 0 Å². The summed E-state index contributed by atoms with van der Waals surface area (Å²) in [6.07, 6.45) is 3.35. The lowest BCUT2D eigenvalue weighted by Gasteiger charge is -2.09. The van der Waals surface area contributed by atoms with Gasteiger partial charge in [-0.25, -0.2) is 14.4 Å². The van der Waals surface area contributed by atoms with Crippen molar-refractivity contribution in [2.45, 2.75) is 19.4 Å². The molecule has 2 N–H and O–H groups in total. The highest BCUT2D eigenvalue weighted by Crippen LogP contribution is 2.34. The van der Waals surface area contributed by atoms with Gasteiger partial charge in [-0.05, 0) is 43.7 Å². The lowest BCUT2D eigenvalue weighted by molar-refractivity contribution is 0.189. The van der Waals surface area contributed by atoms with Crippen LogP contribution in [0.4, 0.5) is 10.1 Å². The van der Waals surface area contributed by atoms with Gasteiger partial charge in [0.25, 0.3) is 5.56 Å². The van der Waals surface area contributed by atoms with Crippen molar-refractivity contribution in [2.24, 2.45) is 0 Å². The van der Waals surface area contributed by atoms with Crippen molar-refractivity contribution in [1.29, 1.82) is 0 Å². The monoisotopic (exact) mass is 384 g/mol. The highest BCUT2D eigenvalue weighted by Gasteiger charge is 2.16. The fourth-order valence-corrected chi connectivity index (χ4v) is 3.95. The van der Waals surface area contributed by atoms with Crippen molar-refractivity contribution in [3.63, 3.8) is 0 Å². The summed E-state index contributed by atoms with van der Waals surface area (Å²) >= 11 is 1.28. The van der Waals surface area contributed by atoms with Crippen LogP contribution in [0.1, 0.15) is 13.3 Å². The Morgan fingerprint density at radius 3 is 2.78 bits per heavy atom. The Balaban J connectivity index is 1.83. The lowest BCUT2D eigenvalue weighted by Crippen LogP contribution is -2.17. The molecule has 0 aliphatic heterocycles. The smallest absolute Gasteiger partial charge is 0.275 e. The summed E-state index contributed by atoms with van der Waals surface area (Å²) in [5.74, 6) is -0.361. The Kier molecular flexibility index (Phi) is 4.59. The van der Waals surface area contributed by atoms with Gasteiger partial charge < -0.3 is 10.4 Å². The van der Waals surface area contributed by atoms with Crippen LogP contribution < -0.4 is 10.9 Å². The van der Waals surface area contributed by atoms with Crippen molar-refractivity contribution in [2.75, 3.05) is 11.9 Å². The van der Waals surface area contributed by atoms with E-state index in [9.17, 15) is 14.3 Å². The summed E-state index contributed by atoms with van der Waals surface area (Å²) in [7, 11) is 0. The first-order valence-corrected chi connectivity index (χ1v) is 9.33. The maximum absolute atomic E-state index is 13.2. The quantitative estimate of drug-likeness (QED) is 0.552. The van der Waals surface area contributed by atoms with E-state index in [1.165, 1.54) is 34.4 Å². The van der Waals surface area contributed by atoms with Gasteiger partial charge in [-0.3, -0.25) is 9.36 Å². The molecule has 138 valence electrons. The SMILES string of the molecule is CC(O)CCNc1ccnc2sc3c(=O)n(-c4ccc(F)cc4)cnc3c12. The molecule has 1 unspecified atom stereocenters. The van der Waals surface area contributed by atoms with E-state index in [-0.39, 0.29) is 11.4 Å². The number of halogens is 1. The minimum absolute atomic E-state index is 0.218. The highest BCUT2D eigenvalue weighted by atomic mass is 32.1. The number of hydrogen-bond acceptors (Lipinski definition) is 6. The van der Waals surface area contributed by atoms with E-state index in [1.54, 1.807) is 25.3 Å². The van der Waals surface area contributed by atoms with Gasteiger partial charge >= 0.3 is 0 Å². The number of nitrogens with zero attached hydrogens (tertiary/aromatic N) is 3. The average Bonchev–Trinajstić information content (AvgIpc) is 3.03. The predicted molar refractivity (Wildman–Crippen MR) is 105 cm³/mol. The van der Waals surface area contributed by atoms with Gasteiger partial charge in [0.05, 0.1) is 22.7 Å². The topological polar surface area (TPSA) is 80.0 Å². The summed E-state index contributed by atoms with van der Waals surface area (Å²) in [5, 5.41) is 13.5. The molecule has 0 spiro atoms. The third kappa shape index (κ3) is 3.29. The maximum Gasteiger partial charge on any atom is 0.275 e. The van der Waals surface area contributed by atoms with Crippen LogP contribution in [0.2, 0.25) is 0 Å². The van der Waals surface area contributed by atoms with Crippen LogP contribution in [-0.2, 0) is 0 Å². The zero-order valence-corrected chi connectivity index (χ0v) is 15.3. The molecule has 0 amide bonds. The number of hydrogen-bond donors (Lipinski definition) is 2. The van der Waals surface area contributed by atoms with Crippen molar-refractivity contribution in [3.8, 4) is 5.69 Å². The second-order valence-electron chi connectivity index (χ2n) is 6.28. The van der Waals surface area contributed by atoms with E-state index in [1.807, 2.05) is 6.07 Å². The van der Waals surface area contributed by atoms with Gasteiger partial charge in [-0.2, -0.15) is 0 Å². The Labute approximate surface area is 157 Å². The first-order chi connectivity index (χ1) is 13.0. The summed E-state index contributed by atoms with van der Waals surface area (Å²) in [6.45, 7) is 2.34. The number of rotatable bonds is 5. The number of aliphatic hydroxyl groups is 1. The first-order valence-electron chi connectivity index (χ1n) is 8.51. The second kappa shape index (κ2) is 7.05. The molecule has 0 radical (unpaired) electrons. The minimum atomic E-state index is -0.393. The molecule has 0 aliphatic carbocycles. The Hall–Kier alpha value is -2.84. The van der Waals surface area contributed by atoms with Crippen LogP contribution in [0.15, 0.2) is 47.7 Å². The van der Waals surface area contributed by atoms with Crippen LogP contribution in [0, 0.1) is 5.82 Å². The van der Waals surface area contributed by atoms with Gasteiger partial charge in [-0.1, -0.05) is 0 Å². The van der Waals surface area contributed by atoms with E-state index >= 15 is 0 Å². The third-order valence-corrected chi connectivity index (χ3v) is 5.34. The summed E-state index contributed by atoms with van der Waals surface area (Å²) in [5.41, 5.74) is 1.75. The number of fused-ring (bicyclic) bond motifs is 3. The molecule has 0 bridgehead atoms. The zero-order chi connectivity index (χ0) is 19.0. The number of aliphatic hydroxyl groups excluding tert-OH is 1. The molecule has 6 nitrogen and oxygen atoms in total. The highest BCUT2D eigenvalue weighted by molar-refractivity contribution is 7.25. The zero-order valence-electron chi connectivity index (χ0n) is 14.5. The predicted octanol–water partition coefficient (Wildman–Crippen LogP) is 3.32. The normalized spacial score (nSPS) is 12.6. The average molecular weight is 384 g/mol. The summed E-state index contributed by atoms with van der Waals surface area (Å²) in [4.78, 5) is 22.5. The van der Waals surface area contributed by atoms with Gasteiger partial charge in [0.15, 0.2) is 0 Å². The van der Waals surface area contributed by atoms with Crippen molar-refractivity contribution in [3.05, 3.63) is 59.0 Å². The third-order valence-electron chi connectivity index (χ3n) is 4.26. The molecule has 8 heteroatoms. The van der Waals surface area contributed by atoms with Crippen molar-refractivity contribution >= 4 is 37.5 Å². The molecule has 4 rings (SSSR count). The molecule has 3 heterocycles. The molecule has 1 atom stereocenters. The van der Waals surface area contributed by atoms with E-state index < -0.39 is 6.10 Å². The van der Waals surface area contributed by atoms with Gasteiger partial charge in [0.1, 0.15) is 21.7 Å². The molecule has 3 aromatic heterocycles. The number of anilines is 1. The molecule has 0 fully saturated rings. The van der Waals surface area contributed by atoms with E-state index in [0.717, 1.165) is 11.1 Å². The number of aromatic nitrogens is 3. The fraction of sp³-hybridized carbons (Fsp3) is 0.211. The Morgan fingerprint density at radius 2 is 2.04 bits per heavy atom. The standard InChI is InChI=1S/C19H17FN4O2S/c1-11(25)6-8-21-14-7-9-22-18-15(14)16-17(27-18)19(26)24(10-23-16)13-4-2-12(20)3-5-13/h2-5,7,9-11,25H,6,8H2,1H3,(H,21,22). The minimum Gasteiger partial charge on any atom is -0.393 e. The molecule has 4 aromatic rings. The molecule has 27 heavy (non-hydrogen) atoms. The van der Waals surface area contributed by atoms with Crippen LogP contribution in [-0.4, -0.2) is 32.3 Å². The maximum atomic E-state index is 13.2. The number of benzene rings is 1.